The number of halogens is 1. The van der Waals surface area contributed by atoms with Crippen molar-refractivity contribution in [1.82, 2.24) is 9.88 Å². The summed E-state index contributed by atoms with van der Waals surface area (Å²) in [6.45, 7) is 2.78. The number of nitrogens with one attached hydrogen (secondary N) is 1. The van der Waals surface area contributed by atoms with Crippen LogP contribution in [0.1, 0.15) is 48.3 Å². The molecule has 0 unspecified atom stereocenters. The number of urea groups is 1. The number of aliphatic carboxylic acids is 1. The molecule has 2 amide bonds. The van der Waals surface area contributed by atoms with Gasteiger partial charge >= 0.3 is 12.0 Å². The number of hydrogen-bond donors (Lipinski definition) is 2. The SMILES string of the molecule is O=C(O)Cc1ccc(-c2nc(NC(=O)N(CCC3CCOCC3)CCC(c3ccccc3)c3ccccc3)sc2Cl)cc1. The number of amides is 2. The van der Waals surface area contributed by atoms with E-state index >= 15 is 0 Å². The second kappa shape index (κ2) is 15.1. The van der Waals surface area contributed by atoms with E-state index in [4.69, 9.17) is 21.4 Å². The first kappa shape index (κ1) is 30.7. The fraction of sp³-hybridized carbons (Fsp3) is 0.324. The predicted octanol–water partition coefficient (Wildman–Crippen LogP) is 7.96. The number of carboxylic acids is 1. The number of hydrogen-bond acceptors (Lipinski definition) is 5. The van der Waals surface area contributed by atoms with Gasteiger partial charge in [-0.05, 0) is 48.3 Å². The van der Waals surface area contributed by atoms with Gasteiger partial charge in [0.25, 0.3) is 0 Å². The van der Waals surface area contributed by atoms with Crippen LogP contribution in [0.25, 0.3) is 11.3 Å². The first-order valence-electron chi connectivity index (χ1n) is 14.7. The Kier molecular flexibility index (Phi) is 10.8. The summed E-state index contributed by atoms with van der Waals surface area (Å²) in [4.78, 5) is 31.3. The maximum absolute atomic E-state index is 13.7. The van der Waals surface area contributed by atoms with Crippen LogP contribution in [-0.4, -0.2) is 53.3 Å². The van der Waals surface area contributed by atoms with Gasteiger partial charge in [-0.25, -0.2) is 9.78 Å². The second-order valence-electron chi connectivity index (χ2n) is 10.8. The predicted molar refractivity (Wildman–Crippen MR) is 172 cm³/mol. The molecule has 0 bridgehead atoms. The van der Waals surface area contributed by atoms with Crippen molar-refractivity contribution in [2.24, 2.45) is 5.92 Å². The van der Waals surface area contributed by atoms with Crippen molar-refractivity contribution in [3.8, 4) is 11.3 Å². The van der Waals surface area contributed by atoms with E-state index in [9.17, 15) is 9.59 Å². The lowest BCUT2D eigenvalue weighted by Crippen LogP contribution is -2.38. The topological polar surface area (TPSA) is 91.8 Å². The number of aromatic nitrogens is 1. The van der Waals surface area contributed by atoms with Crippen molar-refractivity contribution in [2.75, 3.05) is 31.6 Å². The van der Waals surface area contributed by atoms with Crippen LogP contribution in [-0.2, 0) is 16.0 Å². The number of carboxylic acid groups (broad SMARTS) is 1. The molecule has 0 atom stereocenters. The highest BCUT2D eigenvalue weighted by Crippen LogP contribution is 2.36. The molecule has 1 fully saturated rings. The minimum absolute atomic E-state index is 0.0501. The summed E-state index contributed by atoms with van der Waals surface area (Å²) < 4.78 is 6.01. The van der Waals surface area contributed by atoms with Crippen molar-refractivity contribution < 1.29 is 19.4 Å². The van der Waals surface area contributed by atoms with Crippen LogP contribution in [0.4, 0.5) is 9.93 Å². The molecule has 4 aromatic rings. The van der Waals surface area contributed by atoms with Crippen LogP contribution >= 0.6 is 22.9 Å². The smallest absolute Gasteiger partial charge is 0.323 e. The minimum Gasteiger partial charge on any atom is -0.481 e. The number of thiazole rings is 1. The van der Waals surface area contributed by atoms with Crippen molar-refractivity contribution in [3.05, 3.63) is 106 Å². The Balaban J connectivity index is 1.31. The number of ether oxygens (including phenoxy) is 1. The van der Waals surface area contributed by atoms with E-state index in [0.717, 1.165) is 44.5 Å². The summed E-state index contributed by atoms with van der Waals surface area (Å²) in [6.07, 6.45) is 3.68. The van der Waals surface area contributed by atoms with Gasteiger partial charge in [-0.2, -0.15) is 0 Å². The molecular formula is C34H36ClN3O4S. The molecular weight excluding hydrogens is 582 g/mol. The fourth-order valence-electron chi connectivity index (χ4n) is 5.53. The summed E-state index contributed by atoms with van der Waals surface area (Å²) in [7, 11) is 0. The van der Waals surface area contributed by atoms with Gasteiger partial charge in [0.1, 0.15) is 10.0 Å². The highest BCUT2D eigenvalue weighted by Gasteiger charge is 2.23. The third-order valence-electron chi connectivity index (χ3n) is 7.91. The monoisotopic (exact) mass is 617 g/mol. The quantitative estimate of drug-likeness (QED) is 0.168. The first-order valence-corrected chi connectivity index (χ1v) is 15.9. The van der Waals surface area contributed by atoms with Crippen molar-refractivity contribution in [3.63, 3.8) is 0 Å². The molecule has 1 aliphatic heterocycles. The van der Waals surface area contributed by atoms with Gasteiger partial charge in [-0.3, -0.25) is 10.1 Å². The van der Waals surface area contributed by atoms with E-state index in [1.54, 1.807) is 24.3 Å². The number of carbonyl (C=O) groups excluding carboxylic acids is 1. The molecule has 2 N–H and O–H groups in total. The van der Waals surface area contributed by atoms with E-state index in [2.05, 4.69) is 58.8 Å². The van der Waals surface area contributed by atoms with Gasteiger partial charge in [0.05, 0.1) is 6.42 Å². The molecule has 0 saturated carbocycles. The Bertz CT molecular complexity index is 1440. The van der Waals surface area contributed by atoms with Gasteiger partial charge in [-0.15, -0.1) is 0 Å². The highest BCUT2D eigenvalue weighted by atomic mass is 35.5. The zero-order chi connectivity index (χ0) is 30.0. The van der Waals surface area contributed by atoms with Crippen LogP contribution in [0.3, 0.4) is 0 Å². The Morgan fingerprint density at radius 1 is 0.953 bits per heavy atom. The molecule has 5 rings (SSSR count). The van der Waals surface area contributed by atoms with Crippen molar-refractivity contribution >= 4 is 40.1 Å². The lowest BCUT2D eigenvalue weighted by molar-refractivity contribution is -0.136. The molecule has 224 valence electrons. The molecule has 0 spiro atoms. The highest BCUT2D eigenvalue weighted by molar-refractivity contribution is 7.20. The Morgan fingerprint density at radius 3 is 2.19 bits per heavy atom. The number of anilines is 1. The largest absolute Gasteiger partial charge is 0.481 e. The molecule has 0 radical (unpaired) electrons. The lowest BCUT2D eigenvalue weighted by atomic mass is 9.88. The van der Waals surface area contributed by atoms with Crippen LogP contribution in [0.5, 0.6) is 0 Å². The van der Waals surface area contributed by atoms with Crippen molar-refractivity contribution in [2.45, 2.75) is 38.0 Å². The standard InChI is InChI=1S/C34H36ClN3O4S/c35-32-31(28-13-11-25(12-14-28)23-30(39)40)36-33(43-32)37-34(41)38(19-15-24-17-21-42-22-18-24)20-16-29(26-7-3-1-4-8-26)27-9-5-2-6-10-27/h1-14,24,29H,15-23H2,(H,39,40)(H,36,37,41). The molecule has 7 nitrogen and oxygen atoms in total. The third-order valence-corrected chi connectivity index (χ3v) is 9.08. The zero-order valence-corrected chi connectivity index (χ0v) is 25.5. The molecule has 1 saturated heterocycles. The molecule has 3 aromatic carbocycles. The number of benzene rings is 3. The fourth-order valence-corrected chi connectivity index (χ4v) is 6.60. The van der Waals surface area contributed by atoms with Crippen LogP contribution in [0, 0.1) is 5.92 Å². The lowest BCUT2D eigenvalue weighted by Gasteiger charge is -2.29. The van der Waals surface area contributed by atoms with E-state index in [-0.39, 0.29) is 18.4 Å². The maximum Gasteiger partial charge on any atom is 0.323 e. The minimum atomic E-state index is -0.885. The Hall–Kier alpha value is -3.72. The molecule has 1 aliphatic rings. The third kappa shape index (κ3) is 8.66. The van der Waals surface area contributed by atoms with Gasteiger partial charge in [0, 0.05) is 37.8 Å². The molecule has 1 aromatic heterocycles. The van der Waals surface area contributed by atoms with E-state index in [0.29, 0.717) is 39.7 Å². The summed E-state index contributed by atoms with van der Waals surface area (Å²) in [5, 5.41) is 12.5. The molecule has 2 heterocycles. The summed E-state index contributed by atoms with van der Waals surface area (Å²) in [6, 6.07) is 27.8. The Morgan fingerprint density at radius 2 is 1.58 bits per heavy atom. The molecule has 43 heavy (non-hydrogen) atoms. The number of rotatable bonds is 12. The summed E-state index contributed by atoms with van der Waals surface area (Å²) >= 11 is 7.77. The summed E-state index contributed by atoms with van der Waals surface area (Å²) in [5.41, 5.74) is 4.47. The zero-order valence-electron chi connectivity index (χ0n) is 24.0. The van der Waals surface area contributed by atoms with Gasteiger partial charge in [0.2, 0.25) is 0 Å². The van der Waals surface area contributed by atoms with Gasteiger partial charge in [-0.1, -0.05) is 108 Å². The number of carbonyl (C=O) groups is 2. The van der Waals surface area contributed by atoms with Crippen LogP contribution in [0.15, 0.2) is 84.9 Å². The molecule has 0 aliphatic carbocycles. The van der Waals surface area contributed by atoms with Crippen LogP contribution < -0.4 is 5.32 Å². The average molecular weight is 618 g/mol. The Labute approximate surface area is 261 Å². The maximum atomic E-state index is 13.7. The average Bonchev–Trinajstić information content (AvgIpc) is 3.39. The van der Waals surface area contributed by atoms with E-state index < -0.39 is 5.97 Å². The normalized spacial score (nSPS) is 13.6. The molecule has 9 heteroatoms. The second-order valence-corrected chi connectivity index (χ2v) is 12.4. The van der Waals surface area contributed by atoms with E-state index in [1.165, 1.54) is 22.5 Å². The summed E-state index contributed by atoms with van der Waals surface area (Å²) in [5.74, 6) is -0.191. The first-order chi connectivity index (χ1) is 21.0. The van der Waals surface area contributed by atoms with Crippen molar-refractivity contribution in [1.29, 1.82) is 0 Å². The number of nitrogens with zero attached hydrogens (tertiary/aromatic N) is 2. The van der Waals surface area contributed by atoms with Gasteiger partial charge in [0.15, 0.2) is 5.13 Å². The van der Waals surface area contributed by atoms with Crippen LogP contribution in [0.2, 0.25) is 4.34 Å². The van der Waals surface area contributed by atoms with Gasteiger partial charge < -0.3 is 14.7 Å². The van der Waals surface area contributed by atoms with E-state index in [1.807, 2.05) is 17.0 Å².